The second kappa shape index (κ2) is 9.64. The summed E-state index contributed by atoms with van der Waals surface area (Å²) < 4.78 is 33.0. The SMILES string of the molecule is Cc1ccc(/C(=N/O)N2CCN(c3ccc(F)cc3)CC2)c(OCc2ccccc2F)n1. The molecule has 2 aromatic carbocycles. The highest BCUT2D eigenvalue weighted by Gasteiger charge is 2.24. The summed E-state index contributed by atoms with van der Waals surface area (Å²) in [5.41, 5.74) is 2.62. The Balaban J connectivity index is 1.49. The lowest BCUT2D eigenvalue weighted by atomic mass is 10.1. The van der Waals surface area contributed by atoms with Crippen LogP contribution in [0.5, 0.6) is 5.88 Å². The number of halogens is 2. The fourth-order valence-electron chi connectivity index (χ4n) is 3.69. The Morgan fingerprint density at radius 1 is 1.00 bits per heavy atom. The number of piperazine rings is 1. The third-order valence-corrected chi connectivity index (χ3v) is 5.43. The highest BCUT2D eigenvalue weighted by atomic mass is 19.1. The van der Waals surface area contributed by atoms with Gasteiger partial charge >= 0.3 is 0 Å². The number of pyridine rings is 1. The Labute approximate surface area is 185 Å². The van der Waals surface area contributed by atoms with Crippen molar-refractivity contribution in [3.8, 4) is 5.88 Å². The van der Waals surface area contributed by atoms with Crippen LogP contribution in [0.15, 0.2) is 65.8 Å². The van der Waals surface area contributed by atoms with Gasteiger partial charge < -0.3 is 19.7 Å². The lowest BCUT2D eigenvalue weighted by molar-refractivity contribution is 0.280. The number of amidine groups is 1. The molecular weight excluding hydrogens is 414 g/mol. The van der Waals surface area contributed by atoms with Crippen molar-refractivity contribution < 1.29 is 18.7 Å². The molecule has 1 N–H and O–H groups in total. The van der Waals surface area contributed by atoms with Crippen LogP contribution in [-0.2, 0) is 6.61 Å². The van der Waals surface area contributed by atoms with E-state index < -0.39 is 0 Å². The zero-order valence-corrected chi connectivity index (χ0v) is 17.7. The van der Waals surface area contributed by atoms with Gasteiger partial charge in [-0.25, -0.2) is 13.8 Å². The molecule has 1 aromatic heterocycles. The maximum absolute atomic E-state index is 14.0. The summed E-state index contributed by atoms with van der Waals surface area (Å²) in [6.07, 6.45) is 0. The number of aromatic nitrogens is 1. The Morgan fingerprint density at radius 2 is 1.72 bits per heavy atom. The van der Waals surface area contributed by atoms with Crippen LogP contribution in [0.2, 0.25) is 0 Å². The maximum atomic E-state index is 14.0. The number of aryl methyl sites for hydroxylation is 1. The van der Waals surface area contributed by atoms with Gasteiger partial charge in [-0.1, -0.05) is 23.4 Å². The lowest BCUT2D eigenvalue weighted by Crippen LogP contribution is -2.49. The minimum Gasteiger partial charge on any atom is -0.472 e. The third kappa shape index (κ3) is 4.80. The molecule has 1 saturated heterocycles. The van der Waals surface area contributed by atoms with E-state index in [-0.39, 0.29) is 24.1 Å². The van der Waals surface area contributed by atoms with Crippen molar-refractivity contribution in [3.63, 3.8) is 0 Å². The normalized spacial score (nSPS) is 14.5. The van der Waals surface area contributed by atoms with E-state index in [4.69, 9.17) is 4.74 Å². The summed E-state index contributed by atoms with van der Waals surface area (Å²) >= 11 is 0. The summed E-state index contributed by atoms with van der Waals surface area (Å²) in [7, 11) is 0. The number of hydrogen-bond acceptors (Lipinski definition) is 5. The Hall–Kier alpha value is -3.68. The fraction of sp³-hybridized carbons (Fsp3) is 0.250. The predicted molar refractivity (Wildman–Crippen MR) is 118 cm³/mol. The van der Waals surface area contributed by atoms with E-state index in [9.17, 15) is 14.0 Å². The number of oxime groups is 1. The first-order valence-electron chi connectivity index (χ1n) is 10.4. The third-order valence-electron chi connectivity index (χ3n) is 5.43. The van der Waals surface area contributed by atoms with Crippen molar-refractivity contribution in [1.29, 1.82) is 0 Å². The van der Waals surface area contributed by atoms with E-state index in [0.29, 0.717) is 43.1 Å². The second-order valence-electron chi connectivity index (χ2n) is 7.56. The molecule has 8 heteroatoms. The average molecular weight is 438 g/mol. The van der Waals surface area contributed by atoms with Gasteiger partial charge in [-0.2, -0.15) is 0 Å². The quantitative estimate of drug-likeness (QED) is 0.280. The van der Waals surface area contributed by atoms with E-state index in [1.807, 2.05) is 17.9 Å². The summed E-state index contributed by atoms with van der Waals surface area (Å²) in [6, 6.07) is 16.4. The van der Waals surface area contributed by atoms with Crippen LogP contribution in [-0.4, -0.2) is 47.1 Å². The molecule has 0 saturated carbocycles. The number of ether oxygens (including phenoxy) is 1. The first kappa shape index (κ1) is 21.5. The number of nitrogens with zero attached hydrogens (tertiary/aromatic N) is 4. The zero-order valence-electron chi connectivity index (χ0n) is 17.7. The summed E-state index contributed by atoms with van der Waals surface area (Å²) in [5, 5.41) is 13.4. The van der Waals surface area contributed by atoms with Crippen molar-refractivity contribution in [1.82, 2.24) is 9.88 Å². The van der Waals surface area contributed by atoms with Crippen molar-refractivity contribution in [2.24, 2.45) is 5.16 Å². The van der Waals surface area contributed by atoms with E-state index in [2.05, 4.69) is 15.0 Å². The number of benzene rings is 2. The molecule has 3 aromatic rings. The molecule has 32 heavy (non-hydrogen) atoms. The van der Waals surface area contributed by atoms with E-state index in [1.54, 1.807) is 36.4 Å². The smallest absolute Gasteiger partial charge is 0.225 e. The molecule has 1 aliphatic heterocycles. The lowest BCUT2D eigenvalue weighted by Gasteiger charge is -2.37. The molecule has 0 spiro atoms. The topological polar surface area (TPSA) is 61.2 Å². The molecule has 0 bridgehead atoms. The molecule has 0 atom stereocenters. The van der Waals surface area contributed by atoms with E-state index in [0.717, 1.165) is 11.4 Å². The highest BCUT2D eigenvalue weighted by molar-refractivity contribution is 6.00. The van der Waals surface area contributed by atoms with Gasteiger partial charge in [0.2, 0.25) is 5.88 Å². The van der Waals surface area contributed by atoms with Crippen LogP contribution in [0.1, 0.15) is 16.8 Å². The van der Waals surface area contributed by atoms with E-state index in [1.165, 1.54) is 18.2 Å². The van der Waals surface area contributed by atoms with Crippen LogP contribution in [0, 0.1) is 18.6 Å². The van der Waals surface area contributed by atoms with Gasteiger partial charge in [0, 0.05) is 43.1 Å². The fourth-order valence-corrected chi connectivity index (χ4v) is 3.69. The molecule has 0 unspecified atom stereocenters. The molecule has 0 radical (unpaired) electrons. The van der Waals surface area contributed by atoms with Crippen molar-refractivity contribution in [2.75, 3.05) is 31.1 Å². The summed E-state index contributed by atoms with van der Waals surface area (Å²) in [6.45, 7) is 4.38. The van der Waals surface area contributed by atoms with Crippen LogP contribution in [0.4, 0.5) is 14.5 Å². The van der Waals surface area contributed by atoms with Gasteiger partial charge in [0.05, 0.1) is 5.56 Å². The molecule has 0 amide bonds. The van der Waals surface area contributed by atoms with Crippen LogP contribution < -0.4 is 9.64 Å². The minimum atomic E-state index is -0.352. The Kier molecular flexibility index (Phi) is 6.49. The van der Waals surface area contributed by atoms with Gasteiger partial charge in [0.15, 0.2) is 5.84 Å². The molecule has 166 valence electrons. The van der Waals surface area contributed by atoms with Crippen molar-refractivity contribution >= 4 is 11.5 Å². The minimum absolute atomic E-state index is 0.00712. The monoisotopic (exact) mass is 438 g/mol. The molecule has 2 heterocycles. The molecular formula is C24H24F2N4O2. The molecule has 1 aliphatic rings. The van der Waals surface area contributed by atoms with Crippen molar-refractivity contribution in [2.45, 2.75) is 13.5 Å². The Bertz CT molecular complexity index is 1100. The maximum Gasteiger partial charge on any atom is 0.225 e. The summed E-state index contributed by atoms with van der Waals surface area (Å²) in [5.74, 6) is 0.00773. The second-order valence-corrected chi connectivity index (χ2v) is 7.56. The van der Waals surface area contributed by atoms with Gasteiger partial charge in [-0.15, -0.1) is 0 Å². The first-order valence-corrected chi connectivity index (χ1v) is 10.4. The number of hydrogen-bond donors (Lipinski definition) is 1. The highest BCUT2D eigenvalue weighted by Crippen LogP contribution is 2.23. The number of anilines is 1. The Morgan fingerprint density at radius 3 is 2.41 bits per heavy atom. The molecule has 0 aliphatic carbocycles. The van der Waals surface area contributed by atoms with E-state index >= 15 is 0 Å². The van der Waals surface area contributed by atoms with Gasteiger partial charge in [-0.3, -0.25) is 0 Å². The molecule has 4 rings (SSSR count). The largest absolute Gasteiger partial charge is 0.472 e. The van der Waals surface area contributed by atoms with Crippen molar-refractivity contribution in [3.05, 3.63) is 89.1 Å². The molecule has 1 fully saturated rings. The molecule has 6 nitrogen and oxygen atoms in total. The van der Waals surface area contributed by atoms with Gasteiger partial charge in [-0.05, 0) is 49.4 Å². The average Bonchev–Trinajstić information content (AvgIpc) is 2.81. The van der Waals surface area contributed by atoms with Crippen LogP contribution in [0.25, 0.3) is 0 Å². The standard InChI is InChI=1S/C24H24F2N4O2/c1-17-6-11-21(24(27-17)32-16-18-4-2-3-5-22(18)26)23(28-31)30-14-12-29(13-15-30)20-9-7-19(25)8-10-20/h2-11,31H,12-16H2,1H3/b28-23-. The van der Waals surface area contributed by atoms with Gasteiger partial charge in [0.1, 0.15) is 18.2 Å². The van der Waals surface area contributed by atoms with Crippen LogP contribution in [0.3, 0.4) is 0 Å². The zero-order chi connectivity index (χ0) is 22.5. The summed E-state index contributed by atoms with van der Waals surface area (Å²) in [4.78, 5) is 8.54. The first-order chi connectivity index (χ1) is 15.5. The number of rotatable bonds is 5. The predicted octanol–water partition coefficient (Wildman–Crippen LogP) is 4.21. The van der Waals surface area contributed by atoms with Crippen LogP contribution >= 0.6 is 0 Å². The van der Waals surface area contributed by atoms with Gasteiger partial charge in [0.25, 0.3) is 0 Å².